The molecule has 0 spiro atoms. The number of rotatable bonds is 15. The number of nitrogens with one attached hydrogen (secondary N) is 6. The fraction of sp³-hybridized carbons (Fsp3) is 0.207. The number of guanidine groups is 1. The Balaban J connectivity index is 1.55. The molecule has 0 fully saturated rings. The third kappa shape index (κ3) is 11.7. The van der Waals surface area contributed by atoms with Crippen LogP contribution >= 0.6 is 0 Å². The van der Waals surface area contributed by atoms with E-state index in [0.29, 0.717) is 11.3 Å². The SMILES string of the molecule is C=C(NCC(=O)NCc1ccc(NC(=N)N)cc1)C(CNC(=O)OCc1ccccc1)NS(=O)(=O)Cc1ccccc1. The molecule has 13 heteroatoms. The van der Waals surface area contributed by atoms with E-state index in [0.717, 1.165) is 11.1 Å². The Bertz CT molecular complexity index is 1450. The van der Waals surface area contributed by atoms with Crippen LogP contribution in [0.25, 0.3) is 0 Å². The van der Waals surface area contributed by atoms with Crippen molar-refractivity contribution in [3.63, 3.8) is 0 Å². The van der Waals surface area contributed by atoms with Crippen LogP contribution in [-0.4, -0.2) is 45.5 Å². The second kappa shape index (κ2) is 15.8. The second-order valence-corrected chi connectivity index (χ2v) is 11.0. The molecule has 0 bridgehead atoms. The Morgan fingerprint density at radius 1 is 0.857 bits per heavy atom. The number of amides is 2. The summed E-state index contributed by atoms with van der Waals surface area (Å²) in [5.74, 6) is -0.817. The summed E-state index contributed by atoms with van der Waals surface area (Å²) < 4.78 is 33.6. The van der Waals surface area contributed by atoms with Gasteiger partial charge in [0, 0.05) is 24.5 Å². The van der Waals surface area contributed by atoms with E-state index in [1.54, 1.807) is 54.6 Å². The zero-order chi connectivity index (χ0) is 30.4. The minimum absolute atomic E-state index is 0.0480. The molecule has 0 aliphatic heterocycles. The quantitative estimate of drug-likeness (QED) is 0.103. The van der Waals surface area contributed by atoms with Gasteiger partial charge in [-0.1, -0.05) is 79.4 Å². The number of carbonyl (C=O) groups excluding carboxylic acids is 2. The molecule has 3 rings (SSSR count). The summed E-state index contributed by atoms with van der Waals surface area (Å²) in [4.78, 5) is 24.8. The van der Waals surface area contributed by atoms with Crippen molar-refractivity contribution >= 4 is 33.7 Å². The average Bonchev–Trinajstić information content (AvgIpc) is 2.97. The van der Waals surface area contributed by atoms with Gasteiger partial charge < -0.3 is 31.7 Å². The van der Waals surface area contributed by atoms with Crippen molar-refractivity contribution in [3.05, 3.63) is 114 Å². The Morgan fingerprint density at radius 3 is 2.10 bits per heavy atom. The van der Waals surface area contributed by atoms with E-state index in [1.165, 1.54) is 0 Å². The first-order chi connectivity index (χ1) is 20.1. The normalized spacial score (nSPS) is 11.5. The van der Waals surface area contributed by atoms with Gasteiger partial charge in [-0.15, -0.1) is 0 Å². The maximum atomic E-state index is 12.9. The summed E-state index contributed by atoms with van der Waals surface area (Å²) in [6, 6.07) is 23.8. The molecular formula is C29H35N7O5S. The highest BCUT2D eigenvalue weighted by Gasteiger charge is 2.22. The fourth-order valence-corrected chi connectivity index (χ4v) is 5.06. The lowest BCUT2D eigenvalue weighted by Crippen LogP contribution is -2.48. The molecular weight excluding hydrogens is 558 g/mol. The predicted molar refractivity (Wildman–Crippen MR) is 162 cm³/mol. The van der Waals surface area contributed by atoms with Crippen LogP contribution in [0.2, 0.25) is 0 Å². The monoisotopic (exact) mass is 593 g/mol. The first-order valence-electron chi connectivity index (χ1n) is 13.0. The van der Waals surface area contributed by atoms with E-state index < -0.39 is 22.2 Å². The molecule has 2 amide bonds. The van der Waals surface area contributed by atoms with Crippen molar-refractivity contribution < 1.29 is 22.7 Å². The van der Waals surface area contributed by atoms with E-state index >= 15 is 0 Å². The van der Waals surface area contributed by atoms with Crippen molar-refractivity contribution in [3.8, 4) is 0 Å². The van der Waals surface area contributed by atoms with Gasteiger partial charge in [0.1, 0.15) is 6.61 Å². The fourth-order valence-electron chi connectivity index (χ4n) is 3.69. The van der Waals surface area contributed by atoms with Gasteiger partial charge in [-0.25, -0.2) is 17.9 Å². The summed E-state index contributed by atoms with van der Waals surface area (Å²) in [7, 11) is -3.85. The van der Waals surface area contributed by atoms with Crippen LogP contribution in [0.4, 0.5) is 10.5 Å². The topological polar surface area (TPSA) is 188 Å². The molecule has 0 aliphatic rings. The van der Waals surface area contributed by atoms with Crippen LogP contribution in [0, 0.1) is 5.41 Å². The molecule has 1 unspecified atom stereocenters. The number of alkyl carbamates (subject to hydrolysis) is 1. The van der Waals surface area contributed by atoms with Gasteiger partial charge >= 0.3 is 6.09 Å². The molecule has 0 heterocycles. The molecule has 0 aromatic heterocycles. The van der Waals surface area contributed by atoms with Crippen molar-refractivity contribution in [2.24, 2.45) is 5.73 Å². The first kappa shape index (κ1) is 31.6. The average molecular weight is 594 g/mol. The molecule has 12 nitrogen and oxygen atoms in total. The maximum absolute atomic E-state index is 12.9. The van der Waals surface area contributed by atoms with E-state index in [1.807, 2.05) is 30.3 Å². The Morgan fingerprint density at radius 2 is 1.48 bits per heavy atom. The lowest BCUT2D eigenvalue weighted by atomic mass is 10.2. The molecule has 1 atom stereocenters. The van der Waals surface area contributed by atoms with Gasteiger partial charge in [0.2, 0.25) is 15.9 Å². The molecule has 222 valence electrons. The van der Waals surface area contributed by atoms with Crippen LogP contribution in [0.15, 0.2) is 97.2 Å². The summed E-state index contributed by atoms with van der Waals surface area (Å²) in [5.41, 5.74) is 8.35. The molecule has 3 aromatic rings. The molecule has 0 saturated carbocycles. The molecule has 0 aliphatic carbocycles. The van der Waals surface area contributed by atoms with Crippen LogP contribution in [0.3, 0.4) is 0 Å². The van der Waals surface area contributed by atoms with Crippen LogP contribution in [0.5, 0.6) is 0 Å². The Hall–Kier alpha value is -4.88. The van der Waals surface area contributed by atoms with E-state index in [2.05, 4.69) is 32.6 Å². The number of carbonyl (C=O) groups is 2. The third-order valence-corrected chi connectivity index (χ3v) is 7.16. The van der Waals surface area contributed by atoms with Gasteiger partial charge in [0.05, 0.1) is 18.3 Å². The van der Waals surface area contributed by atoms with Gasteiger partial charge in [-0.2, -0.15) is 0 Å². The van der Waals surface area contributed by atoms with Crippen molar-refractivity contribution in [2.75, 3.05) is 18.4 Å². The van der Waals surface area contributed by atoms with Crippen LogP contribution in [0.1, 0.15) is 16.7 Å². The summed E-state index contributed by atoms with van der Waals surface area (Å²) in [6.07, 6.45) is -0.735. The lowest BCUT2D eigenvalue weighted by Gasteiger charge is -2.22. The van der Waals surface area contributed by atoms with Gasteiger partial charge in [0.25, 0.3) is 0 Å². The van der Waals surface area contributed by atoms with Gasteiger partial charge in [0.15, 0.2) is 5.96 Å². The predicted octanol–water partition coefficient (Wildman–Crippen LogP) is 2.13. The number of benzene rings is 3. The molecule has 3 aromatic carbocycles. The molecule has 0 radical (unpaired) electrons. The van der Waals surface area contributed by atoms with Crippen molar-refractivity contribution in [2.45, 2.75) is 24.9 Å². The smallest absolute Gasteiger partial charge is 0.407 e. The van der Waals surface area contributed by atoms with E-state index in [-0.39, 0.29) is 49.6 Å². The number of anilines is 1. The van der Waals surface area contributed by atoms with Crippen LogP contribution < -0.4 is 31.7 Å². The lowest BCUT2D eigenvalue weighted by molar-refractivity contribution is -0.120. The maximum Gasteiger partial charge on any atom is 0.407 e. The molecule has 42 heavy (non-hydrogen) atoms. The number of sulfonamides is 1. The van der Waals surface area contributed by atoms with Crippen LogP contribution in [-0.2, 0) is 38.5 Å². The summed E-state index contributed by atoms with van der Waals surface area (Å²) >= 11 is 0. The number of hydrogen-bond donors (Lipinski definition) is 7. The standard InChI is InChI=1S/C29H35N7O5S/c1-21(32-18-27(37)33-16-22-12-14-25(15-13-22)35-28(30)31)26(36-42(39,40)20-24-10-6-3-7-11-24)17-34-29(38)41-19-23-8-4-2-5-9-23/h2-15,26,32,36H,1,16-20H2,(H,33,37)(H,34,38)(H4,30,31,35). The number of ether oxygens (including phenoxy) is 1. The number of hydrogen-bond acceptors (Lipinski definition) is 7. The Labute approximate surface area is 245 Å². The van der Waals surface area contributed by atoms with Crippen molar-refractivity contribution in [1.82, 2.24) is 20.7 Å². The highest BCUT2D eigenvalue weighted by Crippen LogP contribution is 2.09. The van der Waals surface area contributed by atoms with Crippen molar-refractivity contribution in [1.29, 1.82) is 5.41 Å². The second-order valence-electron chi connectivity index (χ2n) is 9.25. The van der Waals surface area contributed by atoms with E-state index in [9.17, 15) is 18.0 Å². The largest absolute Gasteiger partial charge is 0.445 e. The summed E-state index contributed by atoms with van der Waals surface area (Å²) in [5, 5.41) is 18.1. The minimum Gasteiger partial charge on any atom is -0.445 e. The highest BCUT2D eigenvalue weighted by molar-refractivity contribution is 7.88. The molecule has 8 N–H and O–H groups in total. The Kier molecular flexibility index (Phi) is 11.9. The van der Waals surface area contributed by atoms with Gasteiger partial charge in [-0.05, 0) is 28.8 Å². The summed E-state index contributed by atoms with van der Waals surface area (Å²) in [6.45, 7) is 3.84. The number of nitrogens with two attached hydrogens (primary N) is 1. The van der Waals surface area contributed by atoms with E-state index in [4.69, 9.17) is 15.9 Å². The minimum atomic E-state index is -3.85. The van der Waals surface area contributed by atoms with Gasteiger partial charge in [-0.3, -0.25) is 10.2 Å². The zero-order valence-corrected chi connectivity index (χ0v) is 23.7. The molecule has 0 saturated heterocycles. The highest BCUT2D eigenvalue weighted by atomic mass is 32.2. The first-order valence-corrected chi connectivity index (χ1v) is 14.6. The third-order valence-electron chi connectivity index (χ3n) is 5.80. The zero-order valence-electron chi connectivity index (χ0n) is 22.9.